The molecule has 25 heavy (non-hydrogen) atoms. The number of nitrogens with one attached hydrogen (secondary N) is 1. The predicted octanol–water partition coefficient (Wildman–Crippen LogP) is 3.42. The van der Waals surface area contributed by atoms with E-state index in [1.165, 1.54) is 6.07 Å². The smallest absolute Gasteiger partial charge is 0.220 e. The van der Waals surface area contributed by atoms with Gasteiger partial charge in [-0.3, -0.25) is 9.48 Å². The van der Waals surface area contributed by atoms with Gasteiger partial charge >= 0.3 is 0 Å². The summed E-state index contributed by atoms with van der Waals surface area (Å²) in [6, 6.07) is 11.8. The molecule has 0 bridgehead atoms. The molecule has 1 amide bonds. The summed E-state index contributed by atoms with van der Waals surface area (Å²) in [7, 11) is 0. The van der Waals surface area contributed by atoms with Gasteiger partial charge in [-0.2, -0.15) is 5.10 Å². The molecule has 0 saturated carbocycles. The number of hydrogen-bond acceptors (Lipinski definition) is 3. The van der Waals surface area contributed by atoms with Crippen LogP contribution in [-0.4, -0.2) is 21.7 Å². The van der Waals surface area contributed by atoms with Crippen molar-refractivity contribution < 1.29 is 13.6 Å². The summed E-state index contributed by atoms with van der Waals surface area (Å²) in [4.78, 5) is 12.0. The largest absolute Gasteiger partial charge is 0.461 e. The average Bonchev–Trinajstić information content (AvgIpc) is 3.25. The Bertz CT molecular complexity index is 827. The molecule has 0 aliphatic rings. The van der Waals surface area contributed by atoms with Crippen LogP contribution in [0.5, 0.6) is 0 Å². The molecule has 3 aromatic rings. The maximum Gasteiger partial charge on any atom is 0.220 e. The number of benzene rings is 1. The maximum atomic E-state index is 13.8. The molecular weight excluding hydrogens is 321 g/mol. The fourth-order valence-electron chi connectivity index (χ4n) is 2.64. The van der Waals surface area contributed by atoms with Gasteiger partial charge in [-0.25, -0.2) is 4.39 Å². The van der Waals surface area contributed by atoms with Crippen LogP contribution in [0.2, 0.25) is 0 Å². The molecule has 0 radical (unpaired) electrons. The van der Waals surface area contributed by atoms with Crippen molar-refractivity contribution >= 4 is 5.91 Å². The summed E-state index contributed by atoms with van der Waals surface area (Å²) in [5, 5.41) is 7.05. The minimum Gasteiger partial charge on any atom is -0.461 e. The number of nitrogens with zero attached hydrogens (tertiary/aromatic N) is 2. The van der Waals surface area contributed by atoms with E-state index in [9.17, 15) is 9.18 Å². The molecule has 130 valence electrons. The lowest BCUT2D eigenvalue weighted by Gasteiger charge is -2.13. The van der Waals surface area contributed by atoms with Crippen LogP contribution in [0.1, 0.15) is 19.1 Å². The van der Waals surface area contributed by atoms with Crippen molar-refractivity contribution in [1.29, 1.82) is 0 Å². The topological polar surface area (TPSA) is 60.1 Å². The van der Waals surface area contributed by atoms with Crippen LogP contribution in [0.3, 0.4) is 0 Å². The fourth-order valence-corrected chi connectivity index (χ4v) is 2.64. The zero-order valence-electron chi connectivity index (χ0n) is 14.0. The average molecular weight is 341 g/mol. The van der Waals surface area contributed by atoms with E-state index in [0.29, 0.717) is 36.5 Å². The summed E-state index contributed by atoms with van der Waals surface area (Å²) in [6.07, 6.45) is 4.34. The molecule has 1 aromatic carbocycles. The first-order valence-corrected chi connectivity index (χ1v) is 8.22. The van der Waals surface area contributed by atoms with Gasteiger partial charge in [0.15, 0.2) is 0 Å². The van der Waals surface area contributed by atoms with Crippen molar-refractivity contribution in [3.05, 3.63) is 66.4 Å². The van der Waals surface area contributed by atoms with Crippen molar-refractivity contribution in [2.24, 2.45) is 0 Å². The molecule has 3 rings (SSSR count). The van der Waals surface area contributed by atoms with Crippen LogP contribution in [0.15, 0.2) is 59.3 Å². The Balaban J connectivity index is 1.50. The first kappa shape index (κ1) is 17.0. The van der Waals surface area contributed by atoms with E-state index in [-0.39, 0.29) is 17.8 Å². The Labute approximate surface area is 145 Å². The highest BCUT2D eigenvalue weighted by atomic mass is 19.1. The van der Waals surface area contributed by atoms with Crippen molar-refractivity contribution in [3.63, 3.8) is 0 Å². The third-order valence-corrected chi connectivity index (χ3v) is 3.83. The molecule has 2 aromatic heterocycles. The van der Waals surface area contributed by atoms with Gasteiger partial charge in [0.05, 0.1) is 12.1 Å². The van der Waals surface area contributed by atoms with Gasteiger partial charge in [-0.1, -0.05) is 12.1 Å². The molecular formula is C19H20FN3O2. The predicted molar refractivity (Wildman–Crippen MR) is 92.3 cm³/mol. The molecule has 1 N–H and O–H groups in total. The molecule has 0 spiro atoms. The van der Waals surface area contributed by atoms with Gasteiger partial charge in [0.1, 0.15) is 17.3 Å². The van der Waals surface area contributed by atoms with E-state index in [4.69, 9.17) is 4.42 Å². The second kappa shape index (κ2) is 7.79. The number of hydrogen-bond donors (Lipinski definition) is 1. The molecule has 0 saturated heterocycles. The van der Waals surface area contributed by atoms with Crippen molar-refractivity contribution in [1.82, 2.24) is 15.1 Å². The Kier molecular flexibility index (Phi) is 5.28. The van der Waals surface area contributed by atoms with Crippen LogP contribution in [0.4, 0.5) is 4.39 Å². The van der Waals surface area contributed by atoms with Gasteiger partial charge in [-0.05, 0) is 37.3 Å². The van der Waals surface area contributed by atoms with Crippen molar-refractivity contribution in [3.8, 4) is 11.3 Å². The molecule has 0 aliphatic carbocycles. The quantitative estimate of drug-likeness (QED) is 0.716. The van der Waals surface area contributed by atoms with Gasteiger partial charge < -0.3 is 9.73 Å². The molecule has 1 unspecified atom stereocenters. The second-order valence-electron chi connectivity index (χ2n) is 5.94. The molecule has 6 heteroatoms. The zero-order valence-corrected chi connectivity index (χ0v) is 14.0. The number of carbonyl (C=O) groups excluding carboxylic acids is 1. The number of carbonyl (C=O) groups is 1. The van der Waals surface area contributed by atoms with Gasteiger partial charge in [0.2, 0.25) is 5.91 Å². The maximum absolute atomic E-state index is 13.8. The fraction of sp³-hybridized carbons (Fsp3) is 0.263. The zero-order chi connectivity index (χ0) is 17.6. The first-order valence-electron chi connectivity index (χ1n) is 8.22. The molecule has 0 aliphatic heterocycles. The minimum atomic E-state index is -0.325. The Morgan fingerprint density at radius 3 is 2.88 bits per heavy atom. The van der Waals surface area contributed by atoms with Crippen LogP contribution < -0.4 is 5.32 Å². The monoisotopic (exact) mass is 341 g/mol. The molecule has 2 heterocycles. The van der Waals surface area contributed by atoms with Crippen LogP contribution in [0, 0.1) is 5.82 Å². The number of halogens is 1. The number of rotatable bonds is 7. The first-order chi connectivity index (χ1) is 12.1. The van der Waals surface area contributed by atoms with Gasteiger partial charge in [0, 0.05) is 31.3 Å². The van der Waals surface area contributed by atoms with Crippen molar-refractivity contribution in [2.45, 2.75) is 32.4 Å². The van der Waals surface area contributed by atoms with E-state index in [1.54, 1.807) is 41.2 Å². The Hall–Kier alpha value is -2.89. The third-order valence-electron chi connectivity index (χ3n) is 3.83. The highest BCUT2D eigenvalue weighted by molar-refractivity contribution is 5.76. The van der Waals surface area contributed by atoms with E-state index in [0.717, 1.165) is 0 Å². The lowest BCUT2D eigenvalue weighted by molar-refractivity contribution is -0.121. The van der Waals surface area contributed by atoms with E-state index < -0.39 is 0 Å². The summed E-state index contributed by atoms with van der Waals surface area (Å²) in [5.74, 6) is 0.755. The SMILES string of the molecule is CC(Cn1cccn1)NC(=O)CCc1ccc(-c2ccccc2F)o1. The van der Waals surface area contributed by atoms with E-state index in [2.05, 4.69) is 10.4 Å². The van der Waals surface area contributed by atoms with Crippen LogP contribution >= 0.6 is 0 Å². The van der Waals surface area contributed by atoms with Gasteiger partial charge in [-0.15, -0.1) is 0 Å². The lowest BCUT2D eigenvalue weighted by Crippen LogP contribution is -2.35. The molecule has 0 fully saturated rings. The summed E-state index contributed by atoms with van der Waals surface area (Å²) < 4.78 is 21.2. The summed E-state index contributed by atoms with van der Waals surface area (Å²) in [5.41, 5.74) is 0.422. The van der Waals surface area contributed by atoms with Crippen molar-refractivity contribution in [2.75, 3.05) is 0 Å². The summed E-state index contributed by atoms with van der Waals surface area (Å²) >= 11 is 0. The summed E-state index contributed by atoms with van der Waals surface area (Å²) in [6.45, 7) is 2.56. The lowest BCUT2D eigenvalue weighted by atomic mass is 10.1. The number of aromatic nitrogens is 2. The molecule has 1 atom stereocenters. The highest BCUT2D eigenvalue weighted by Crippen LogP contribution is 2.25. The van der Waals surface area contributed by atoms with Gasteiger partial charge in [0.25, 0.3) is 0 Å². The van der Waals surface area contributed by atoms with E-state index in [1.807, 2.05) is 19.2 Å². The number of amides is 1. The highest BCUT2D eigenvalue weighted by Gasteiger charge is 2.12. The Morgan fingerprint density at radius 2 is 2.12 bits per heavy atom. The van der Waals surface area contributed by atoms with Crippen LogP contribution in [-0.2, 0) is 17.8 Å². The number of aryl methyl sites for hydroxylation is 1. The molecule has 5 nitrogen and oxygen atoms in total. The third kappa shape index (κ3) is 4.56. The van der Waals surface area contributed by atoms with E-state index >= 15 is 0 Å². The Morgan fingerprint density at radius 1 is 1.28 bits per heavy atom. The standard InChI is InChI=1S/C19H20FN3O2/c1-14(13-23-12-4-11-21-23)22-19(24)10-8-15-7-9-18(25-15)16-5-2-3-6-17(16)20/h2-7,9,11-12,14H,8,10,13H2,1H3,(H,22,24). The number of furan rings is 1. The second-order valence-corrected chi connectivity index (χ2v) is 5.94. The van der Waals surface area contributed by atoms with Crippen LogP contribution in [0.25, 0.3) is 11.3 Å². The normalized spacial score (nSPS) is 12.1. The minimum absolute atomic E-state index is 0.0158.